The van der Waals surface area contributed by atoms with E-state index in [-0.39, 0.29) is 23.6 Å². The maximum absolute atomic E-state index is 13.1. The van der Waals surface area contributed by atoms with Crippen molar-refractivity contribution in [2.24, 2.45) is 0 Å². The van der Waals surface area contributed by atoms with Crippen LogP contribution in [0.3, 0.4) is 0 Å². The van der Waals surface area contributed by atoms with Crippen molar-refractivity contribution in [1.29, 1.82) is 0 Å². The lowest BCUT2D eigenvalue weighted by Gasteiger charge is -2.38. The number of amides is 1. The van der Waals surface area contributed by atoms with Gasteiger partial charge in [0.2, 0.25) is 0 Å². The summed E-state index contributed by atoms with van der Waals surface area (Å²) >= 11 is 0. The van der Waals surface area contributed by atoms with Crippen LogP contribution in [0.4, 0.5) is 0 Å². The number of aromatic nitrogens is 2. The lowest BCUT2D eigenvalue weighted by atomic mass is 10.0. The third-order valence-corrected chi connectivity index (χ3v) is 4.33. The highest BCUT2D eigenvalue weighted by molar-refractivity contribution is 5.94. The fourth-order valence-electron chi connectivity index (χ4n) is 2.94. The Kier molecular flexibility index (Phi) is 4.45. The van der Waals surface area contributed by atoms with Gasteiger partial charge >= 0.3 is 0 Å². The van der Waals surface area contributed by atoms with Gasteiger partial charge in [-0.25, -0.2) is 0 Å². The number of rotatable bonds is 2. The van der Waals surface area contributed by atoms with Gasteiger partial charge in [0.1, 0.15) is 0 Å². The van der Waals surface area contributed by atoms with Crippen LogP contribution in [0.15, 0.2) is 42.7 Å². The Hall–Kier alpha value is -2.14. The molecule has 0 unspecified atom stereocenters. The van der Waals surface area contributed by atoms with E-state index >= 15 is 0 Å². The van der Waals surface area contributed by atoms with Crippen LogP contribution in [0.1, 0.15) is 49.7 Å². The van der Waals surface area contributed by atoms with Crippen LogP contribution >= 0.6 is 0 Å². The summed E-state index contributed by atoms with van der Waals surface area (Å²) in [7, 11) is 0. The van der Waals surface area contributed by atoms with Gasteiger partial charge in [0.15, 0.2) is 0 Å². The molecule has 5 nitrogen and oxygen atoms in total. The van der Waals surface area contributed by atoms with Crippen molar-refractivity contribution in [3.05, 3.63) is 53.9 Å². The number of carbonyl (C=O) groups excluding carboxylic acids is 1. The molecule has 128 valence electrons. The molecule has 0 bridgehead atoms. The van der Waals surface area contributed by atoms with Crippen LogP contribution in [0, 0.1) is 0 Å². The van der Waals surface area contributed by atoms with Crippen molar-refractivity contribution in [3.63, 3.8) is 0 Å². The zero-order valence-electron chi connectivity index (χ0n) is 14.8. The SMILES string of the molecule is C[C@H]1CN(C(=O)c2cnn(C(C)(C)C)c2)[C@H](c2ccccc2)CO1. The highest BCUT2D eigenvalue weighted by atomic mass is 16.5. The lowest BCUT2D eigenvalue weighted by molar-refractivity contribution is -0.0447. The molecule has 1 aromatic heterocycles. The van der Waals surface area contributed by atoms with Gasteiger partial charge in [-0.15, -0.1) is 0 Å². The van der Waals surface area contributed by atoms with E-state index in [0.717, 1.165) is 5.56 Å². The summed E-state index contributed by atoms with van der Waals surface area (Å²) in [5.74, 6) is 0.00880. The third kappa shape index (κ3) is 3.36. The summed E-state index contributed by atoms with van der Waals surface area (Å²) in [5.41, 5.74) is 1.58. The standard InChI is InChI=1S/C19H25N3O2/c1-14-11-21(17(13-24-14)15-8-6-5-7-9-15)18(23)16-10-20-22(12-16)19(2,3)4/h5-10,12,14,17H,11,13H2,1-4H3/t14-,17-/m0/s1. The quantitative estimate of drug-likeness (QED) is 0.851. The molecular formula is C19H25N3O2. The molecule has 0 saturated carbocycles. The Morgan fingerprint density at radius 1 is 1.25 bits per heavy atom. The van der Waals surface area contributed by atoms with Crippen molar-refractivity contribution < 1.29 is 9.53 Å². The predicted molar refractivity (Wildman–Crippen MR) is 92.9 cm³/mol. The number of nitrogens with zero attached hydrogens (tertiary/aromatic N) is 3. The Labute approximate surface area is 143 Å². The average molecular weight is 327 g/mol. The van der Waals surface area contributed by atoms with Crippen LogP contribution in [-0.4, -0.2) is 39.8 Å². The molecule has 1 fully saturated rings. The molecule has 0 spiro atoms. The molecule has 1 aromatic carbocycles. The molecule has 1 aliphatic rings. The molecule has 1 amide bonds. The van der Waals surface area contributed by atoms with Crippen molar-refractivity contribution in [1.82, 2.24) is 14.7 Å². The fraction of sp³-hybridized carbons (Fsp3) is 0.474. The lowest BCUT2D eigenvalue weighted by Crippen LogP contribution is -2.46. The summed E-state index contributed by atoms with van der Waals surface area (Å²) in [6.07, 6.45) is 3.53. The first-order valence-corrected chi connectivity index (χ1v) is 8.39. The van der Waals surface area contributed by atoms with Crippen LogP contribution in [0.5, 0.6) is 0 Å². The van der Waals surface area contributed by atoms with E-state index in [1.54, 1.807) is 6.20 Å². The molecular weight excluding hydrogens is 302 g/mol. The highest BCUT2D eigenvalue weighted by Gasteiger charge is 2.33. The van der Waals surface area contributed by atoms with Gasteiger partial charge in [-0.1, -0.05) is 30.3 Å². The molecule has 0 aliphatic carbocycles. The molecule has 2 heterocycles. The molecule has 0 N–H and O–H groups in total. The Balaban J connectivity index is 1.88. The topological polar surface area (TPSA) is 47.4 Å². The first-order chi connectivity index (χ1) is 11.4. The number of carbonyl (C=O) groups is 1. The largest absolute Gasteiger partial charge is 0.374 e. The molecule has 0 radical (unpaired) electrons. The Morgan fingerprint density at radius 2 is 1.96 bits per heavy atom. The molecule has 3 rings (SSSR count). The van der Waals surface area contributed by atoms with Crippen molar-refractivity contribution in [2.75, 3.05) is 13.2 Å². The van der Waals surface area contributed by atoms with Crippen LogP contribution in [0.25, 0.3) is 0 Å². The smallest absolute Gasteiger partial charge is 0.257 e. The van der Waals surface area contributed by atoms with Gasteiger partial charge in [-0.05, 0) is 33.3 Å². The van der Waals surface area contributed by atoms with Crippen molar-refractivity contribution in [2.45, 2.75) is 45.4 Å². The minimum Gasteiger partial charge on any atom is -0.374 e. The number of hydrogen-bond donors (Lipinski definition) is 0. The van der Waals surface area contributed by atoms with Gasteiger partial charge in [0.25, 0.3) is 5.91 Å². The van der Waals surface area contributed by atoms with Crippen molar-refractivity contribution in [3.8, 4) is 0 Å². The second-order valence-corrected chi connectivity index (χ2v) is 7.37. The van der Waals surface area contributed by atoms with Crippen LogP contribution in [-0.2, 0) is 10.3 Å². The summed E-state index contributed by atoms with van der Waals surface area (Å²) in [6.45, 7) is 9.30. The van der Waals surface area contributed by atoms with Gasteiger partial charge < -0.3 is 9.64 Å². The Morgan fingerprint density at radius 3 is 2.58 bits per heavy atom. The van der Waals surface area contributed by atoms with E-state index in [9.17, 15) is 4.79 Å². The zero-order chi connectivity index (χ0) is 17.3. The number of benzene rings is 1. The number of morpholine rings is 1. The van der Waals surface area contributed by atoms with Gasteiger partial charge in [-0.2, -0.15) is 5.10 Å². The van der Waals surface area contributed by atoms with E-state index in [1.165, 1.54) is 0 Å². The highest BCUT2D eigenvalue weighted by Crippen LogP contribution is 2.28. The van der Waals surface area contributed by atoms with Crippen molar-refractivity contribution >= 4 is 5.91 Å². The number of hydrogen-bond acceptors (Lipinski definition) is 3. The maximum Gasteiger partial charge on any atom is 0.257 e. The van der Waals surface area contributed by atoms with Gasteiger partial charge in [0, 0.05) is 12.7 Å². The first kappa shape index (κ1) is 16.7. The maximum atomic E-state index is 13.1. The minimum atomic E-state index is -0.143. The Bertz CT molecular complexity index is 703. The molecule has 1 saturated heterocycles. The monoisotopic (exact) mass is 327 g/mol. The minimum absolute atomic E-state index is 0.00880. The molecule has 2 aromatic rings. The van der Waals surface area contributed by atoms with Crippen LogP contribution in [0.2, 0.25) is 0 Å². The second kappa shape index (κ2) is 6.40. The average Bonchev–Trinajstić information content (AvgIpc) is 3.05. The fourth-order valence-corrected chi connectivity index (χ4v) is 2.94. The van der Waals surface area contributed by atoms with E-state index in [4.69, 9.17) is 4.74 Å². The summed E-state index contributed by atoms with van der Waals surface area (Å²) in [5, 5.41) is 4.36. The third-order valence-electron chi connectivity index (χ3n) is 4.33. The van der Waals surface area contributed by atoms with Gasteiger partial charge in [-0.3, -0.25) is 9.48 Å². The molecule has 24 heavy (non-hydrogen) atoms. The van der Waals surface area contributed by atoms with E-state index in [0.29, 0.717) is 18.7 Å². The summed E-state index contributed by atoms with van der Waals surface area (Å²) in [4.78, 5) is 15.0. The van der Waals surface area contributed by atoms with E-state index in [1.807, 2.05) is 53.0 Å². The zero-order valence-corrected chi connectivity index (χ0v) is 14.8. The number of ether oxygens (including phenoxy) is 1. The first-order valence-electron chi connectivity index (χ1n) is 8.39. The summed E-state index contributed by atoms with van der Waals surface area (Å²) < 4.78 is 7.64. The van der Waals surface area contributed by atoms with E-state index < -0.39 is 0 Å². The summed E-state index contributed by atoms with van der Waals surface area (Å²) in [6, 6.07) is 10.00. The van der Waals surface area contributed by atoms with Crippen LogP contribution < -0.4 is 0 Å². The molecule has 5 heteroatoms. The van der Waals surface area contributed by atoms with Gasteiger partial charge in [0.05, 0.1) is 36.1 Å². The molecule has 1 aliphatic heterocycles. The normalized spacial score (nSPS) is 21.8. The van der Waals surface area contributed by atoms with E-state index in [2.05, 4.69) is 25.9 Å². The predicted octanol–water partition coefficient (Wildman–Crippen LogP) is 3.24. The molecule has 2 atom stereocenters. The second-order valence-electron chi connectivity index (χ2n) is 7.37.